The van der Waals surface area contributed by atoms with Gasteiger partial charge in [0.15, 0.2) is 0 Å². The first-order chi connectivity index (χ1) is 7.99. The number of hydrogen-bond acceptors (Lipinski definition) is 5. The average Bonchev–Trinajstić information content (AvgIpc) is 2.55. The van der Waals surface area contributed by atoms with Crippen LogP contribution in [0.3, 0.4) is 0 Å². The summed E-state index contributed by atoms with van der Waals surface area (Å²) in [5.74, 6) is 2.05. The van der Waals surface area contributed by atoms with Crippen molar-refractivity contribution in [2.75, 3.05) is 18.8 Å². The van der Waals surface area contributed by atoms with Crippen LogP contribution in [0.2, 0.25) is 0 Å². The van der Waals surface area contributed by atoms with E-state index >= 15 is 0 Å². The van der Waals surface area contributed by atoms with Crippen molar-refractivity contribution in [1.29, 1.82) is 0 Å². The largest absolute Gasteiger partial charge is 0.437 e. The normalized spacial score (nSPS) is 13.3. The smallest absolute Gasteiger partial charge is 0.256 e. The van der Waals surface area contributed by atoms with Gasteiger partial charge in [-0.05, 0) is 26.3 Å². The molecule has 1 heterocycles. The molecule has 98 valence electrons. The SMILES string of the molecule is Cc1nc(SCC(O)CNCC(C)C)oc1C. The molecule has 0 aliphatic rings. The third kappa shape index (κ3) is 5.57. The Bertz CT molecular complexity index is 320. The van der Waals surface area contributed by atoms with Crippen LogP contribution in [0.25, 0.3) is 0 Å². The number of hydrogen-bond donors (Lipinski definition) is 2. The number of oxazole rings is 1. The van der Waals surface area contributed by atoms with Crippen LogP contribution in [0, 0.1) is 19.8 Å². The molecule has 0 bridgehead atoms. The van der Waals surface area contributed by atoms with Crippen molar-refractivity contribution in [3.63, 3.8) is 0 Å². The summed E-state index contributed by atoms with van der Waals surface area (Å²) >= 11 is 1.45. The van der Waals surface area contributed by atoms with Crippen LogP contribution in [0.15, 0.2) is 9.64 Å². The van der Waals surface area contributed by atoms with E-state index in [-0.39, 0.29) is 6.10 Å². The number of nitrogens with zero attached hydrogens (tertiary/aromatic N) is 1. The number of rotatable bonds is 7. The molecule has 2 N–H and O–H groups in total. The van der Waals surface area contributed by atoms with E-state index in [0.717, 1.165) is 18.0 Å². The molecule has 5 heteroatoms. The summed E-state index contributed by atoms with van der Waals surface area (Å²) in [6, 6.07) is 0. The van der Waals surface area contributed by atoms with Gasteiger partial charge in [0.2, 0.25) is 0 Å². The summed E-state index contributed by atoms with van der Waals surface area (Å²) < 4.78 is 5.43. The number of aliphatic hydroxyl groups is 1. The molecule has 17 heavy (non-hydrogen) atoms. The quantitative estimate of drug-likeness (QED) is 0.733. The van der Waals surface area contributed by atoms with Gasteiger partial charge in [-0.2, -0.15) is 0 Å². The highest BCUT2D eigenvalue weighted by Crippen LogP contribution is 2.20. The molecule has 0 fully saturated rings. The molecule has 0 aliphatic heterocycles. The maximum absolute atomic E-state index is 9.75. The van der Waals surface area contributed by atoms with Crippen molar-refractivity contribution in [3.8, 4) is 0 Å². The Labute approximate surface area is 107 Å². The third-order valence-electron chi connectivity index (χ3n) is 2.34. The molecule has 1 unspecified atom stereocenters. The zero-order chi connectivity index (χ0) is 12.8. The highest BCUT2D eigenvalue weighted by molar-refractivity contribution is 7.99. The highest BCUT2D eigenvalue weighted by Gasteiger charge is 2.10. The second kappa shape index (κ2) is 7.03. The van der Waals surface area contributed by atoms with Crippen LogP contribution in [-0.2, 0) is 0 Å². The van der Waals surface area contributed by atoms with Gasteiger partial charge in [0.05, 0.1) is 11.8 Å². The zero-order valence-electron chi connectivity index (χ0n) is 11.0. The van der Waals surface area contributed by atoms with Gasteiger partial charge in [-0.1, -0.05) is 25.6 Å². The van der Waals surface area contributed by atoms with Crippen LogP contribution in [0.4, 0.5) is 0 Å². The molecule has 1 aromatic heterocycles. The second-order valence-electron chi connectivity index (χ2n) is 4.64. The molecular weight excluding hydrogens is 236 g/mol. The lowest BCUT2D eigenvalue weighted by atomic mass is 10.2. The molecule has 4 nitrogen and oxygen atoms in total. The van der Waals surface area contributed by atoms with Crippen LogP contribution >= 0.6 is 11.8 Å². The molecule has 0 saturated heterocycles. The first-order valence-electron chi connectivity index (χ1n) is 5.94. The summed E-state index contributed by atoms with van der Waals surface area (Å²) in [6.45, 7) is 9.65. The number of aliphatic hydroxyl groups excluding tert-OH is 1. The number of aromatic nitrogens is 1. The van der Waals surface area contributed by atoms with Crippen molar-refractivity contribution in [2.45, 2.75) is 39.0 Å². The van der Waals surface area contributed by atoms with Gasteiger partial charge in [0.1, 0.15) is 5.76 Å². The Balaban J connectivity index is 2.21. The first kappa shape index (κ1) is 14.5. The van der Waals surface area contributed by atoms with Gasteiger partial charge >= 0.3 is 0 Å². The number of nitrogens with one attached hydrogen (secondary N) is 1. The molecule has 0 aliphatic carbocycles. The average molecular weight is 258 g/mol. The predicted molar refractivity (Wildman–Crippen MR) is 70.4 cm³/mol. The molecule has 1 rings (SSSR count). The summed E-state index contributed by atoms with van der Waals surface area (Å²) in [6.07, 6.45) is -0.369. The topological polar surface area (TPSA) is 58.3 Å². The molecule has 0 aromatic carbocycles. The van der Waals surface area contributed by atoms with Gasteiger partial charge in [-0.15, -0.1) is 0 Å². The van der Waals surface area contributed by atoms with E-state index in [1.807, 2.05) is 13.8 Å². The third-order valence-corrected chi connectivity index (χ3v) is 3.31. The van der Waals surface area contributed by atoms with E-state index in [4.69, 9.17) is 4.42 Å². The molecular formula is C12H22N2O2S. The lowest BCUT2D eigenvalue weighted by Gasteiger charge is -2.11. The van der Waals surface area contributed by atoms with Gasteiger partial charge in [0.25, 0.3) is 5.22 Å². The first-order valence-corrected chi connectivity index (χ1v) is 6.93. The predicted octanol–water partition coefficient (Wildman–Crippen LogP) is 1.99. The Kier molecular flexibility index (Phi) is 6.02. The van der Waals surface area contributed by atoms with E-state index in [2.05, 4.69) is 24.1 Å². The Morgan fingerprint density at radius 1 is 1.35 bits per heavy atom. The van der Waals surface area contributed by atoms with E-state index in [1.54, 1.807) is 0 Å². The fourth-order valence-electron chi connectivity index (χ4n) is 1.27. The fourth-order valence-corrected chi connectivity index (χ4v) is 2.11. The van der Waals surface area contributed by atoms with E-state index < -0.39 is 0 Å². The van der Waals surface area contributed by atoms with Gasteiger partial charge in [0, 0.05) is 12.3 Å². The van der Waals surface area contributed by atoms with E-state index in [0.29, 0.717) is 23.4 Å². The van der Waals surface area contributed by atoms with Crippen LogP contribution < -0.4 is 5.32 Å². The van der Waals surface area contributed by atoms with E-state index in [1.165, 1.54) is 11.8 Å². The maximum atomic E-state index is 9.75. The monoisotopic (exact) mass is 258 g/mol. The molecule has 0 radical (unpaired) electrons. The number of thioether (sulfide) groups is 1. The van der Waals surface area contributed by atoms with Crippen LogP contribution in [0.5, 0.6) is 0 Å². The maximum Gasteiger partial charge on any atom is 0.256 e. The molecule has 0 spiro atoms. The van der Waals surface area contributed by atoms with Gasteiger partial charge < -0.3 is 14.8 Å². The van der Waals surface area contributed by atoms with Crippen molar-refractivity contribution >= 4 is 11.8 Å². The highest BCUT2D eigenvalue weighted by atomic mass is 32.2. The van der Waals surface area contributed by atoms with Crippen molar-refractivity contribution in [3.05, 3.63) is 11.5 Å². The van der Waals surface area contributed by atoms with Crippen molar-refractivity contribution < 1.29 is 9.52 Å². The minimum Gasteiger partial charge on any atom is -0.437 e. The second-order valence-corrected chi connectivity index (χ2v) is 5.61. The zero-order valence-corrected chi connectivity index (χ0v) is 11.8. The fraction of sp³-hybridized carbons (Fsp3) is 0.750. The Hall–Kier alpha value is -0.520. The molecule has 0 saturated carbocycles. The van der Waals surface area contributed by atoms with Crippen LogP contribution in [-0.4, -0.2) is 35.0 Å². The number of aryl methyl sites for hydroxylation is 2. The molecule has 1 aromatic rings. The Morgan fingerprint density at radius 3 is 2.59 bits per heavy atom. The van der Waals surface area contributed by atoms with E-state index in [9.17, 15) is 5.11 Å². The van der Waals surface area contributed by atoms with Crippen molar-refractivity contribution in [1.82, 2.24) is 10.3 Å². The minimum atomic E-state index is -0.369. The standard InChI is InChI=1S/C12H22N2O2S/c1-8(2)5-13-6-11(15)7-17-12-14-9(3)10(4)16-12/h8,11,13,15H,5-7H2,1-4H3. The summed E-state index contributed by atoms with van der Waals surface area (Å²) in [4.78, 5) is 4.26. The summed E-state index contributed by atoms with van der Waals surface area (Å²) in [5.41, 5.74) is 0.917. The summed E-state index contributed by atoms with van der Waals surface area (Å²) in [7, 11) is 0. The molecule has 0 amide bonds. The minimum absolute atomic E-state index is 0.369. The van der Waals surface area contributed by atoms with Gasteiger partial charge in [-0.3, -0.25) is 0 Å². The lowest BCUT2D eigenvalue weighted by Crippen LogP contribution is -2.30. The van der Waals surface area contributed by atoms with Crippen molar-refractivity contribution in [2.24, 2.45) is 5.92 Å². The lowest BCUT2D eigenvalue weighted by molar-refractivity contribution is 0.194. The summed E-state index contributed by atoms with van der Waals surface area (Å²) in [5, 5.41) is 13.6. The van der Waals surface area contributed by atoms with Gasteiger partial charge in [-0.25, -0.2) is 4.98 Å². The molecule has 1 atom stereocenters. The van der Waals surface area contributed by atoms with Crippen LogP contribution in [0.1, 0.15) is 25.3 Å². The Morgan fingerprint density at radius 2 is 2.06 bits per heavy atom.